The quantitative estimate of drug-likeness (QED) is 0.694. The molecule has 17 heavy (non-hydrogen) atoms. The fraction of sp³-hybridized carbons (Fsp3) is 0.786. The minimum absolute atomic E-state index is 0.0427. The largest absolute Gasteiger partial charge is 0.351 e. The summed E-state index contributed by atoms with van der Waals surface area (Å²) in [7, 11) is 0. The molecule has 0 aromatic rings. The molecule has 1 unspecified atom stereocenters. The number of carbonyl (C=O) groups excluding carboxylic acids is 1. The molecule has 0 spiro atoms. The molecule has 0 heterocycles. The van der Waals surface area contributed by atoms with Crippen molar-refractivity contribution in [2.75, 3.05) is 13.1 Å². The van der Waals surface area contributed by atoms with Gasteiger partial charge in [0.1, 0.15) is 0 Å². The van der Waals surface area contributed by atoms with Crippen LogP contribution in [0.1, 0.15) is 34.6 Å². The van der Waals surface area contributed by atoms with Crippen molar-refractivity contribution in [1.82, 2.24) is 10.6 Å². The van der Waals surface area contributed by atoms with E-state index in [2.05, 4.69) is 44.9 Å². The van der Waals surface area contributed by atoms with Gasteiger partial charge in [0.05, 0.1) is 6.04 Å². The fourth-order valence-corrected chi connectivity index (χ4v) is 2.56. The van der Waals surface area contributed by atoms with Gasteiger partial charge in [-0.25, -0.2) is 0 Å². The van der Waals surface area contributed by atoms with Gasteiger partial charge in [-0.2, -0.15) is 0 Å². The van der Waals surface area contributed by atoms with E-state index in [-0.39, 0.29) is 11.9 Å². The summed E-state index contributed by atoms with van der Waals surface area (Å²) in [5, 5.41) is 6.12. The van der Waals surface area contributed by atoms with E-state index in [1.807, 2.05) is 6.92 Å². The van der Waals surface area contributed by atoms with E-state index in [0.29, 0.717) is 23.3 Å². The topological polar surface area (TPSA) is 41.1 Å². The zero-order valence-corrected chi connectivity index (χ0v) is 11.8. The molecule has 1 aliphatic rings. The smallest absolute Gasteiger partial charge is 0.237 e. The standard InChI is InChI=1S/C14H26N2O/c1-7-8-15-12(17)10(2)16-9-11-13(3,4)14(11,5)6/h7,10-11,16H,1,8-9H2,2-6H3,(H,15,17). The summed E-state index contributed by atoms with van der Waals surface area (Å²) in [6, 6.07) is -0.137. The molecule has 0 bridgehead atoms. The van der Waals surface area contributed by atoms with Crippen LogP contribution >= 0.6 is 0 Å². The van der Waals surface area contributed by atoms with Crippen LogP contribution in [0.4, 0.5) is 0 Å². The molecule has 1 aliphatic carbocycles. The van der Waals surface area contributed by atoms with Crippen molar-refractivity contribution < 1.29 is 4.79 Å². The first-order chi connectivity index (χ1) is 7.75. The summed E-state index contributed by atoms with van der Waals surface area (Å²) >= 11 is 0. The van der Waals surface area contributed by atoms with Crippen molar-refractivity contribution in [1.29, 1.82) is 0 Å². The molecule has 0 aromatic heterocycles. The number of hydrogen-bond donors (Lipinski definition) is 2. The molecule has 98 valence electrons. The van der Waals surface area contributed by atoms with Crippen molar-refractivity contribution in [3.05, 3.63) is 12.7 Å². The van der Waals surface area contributed by atoms with Crippen LogP contribution < -0.4 is 10.6 Å². The van der Waals surface area contributed by atoms with Gasteiger partial charge < -0.3 is 10.6 Å². The molecule has 0 saturated heterocycles. The highest BCUT2D eigenvalue weighted by molar-refractivity contribution is 5.81. The Balaban J connectivity index is 2.33. The maximum atomic E-state index is 11.6. The van der Waals surface area contributed by atoms with Crippen LogP contribution in [-0.2, 0) is 4.79 Å². The first-order valence-corrected chi connectivity index (χ1v) is 6.37. The summed E-state index contributed by atoms with van der Waals surface area (Å²) < 4.78 is 0. The molecule has 0 aliphatic heterocycles. The van der Waals surface area contributed by atoms with E-state index < -0.39 is 0 Å². The maximum absolute atomic E-state index is 11.6. The van der Waals surface area contributed by atoms with Crippen molar-refractivity contribution >= 4 is 5.91 Å². The van der Waals surface area contributed by atoms with Gasteiger partial charge >= 0.3 is 0 Å². The Labute approximate surface area is 105 Å². The molecule has 1 fully saturated rings. The summed E-state index contributed by atoms with van der Waals surface area (Å²) in [5.74, 6) is 0.686. The number of nitrogens with one attached hydrogen (secondary N) is 2. The van der Waals surface area contributed by atoms with E-state index in [1.165, 1.54) is 0 Å². The molecule has 1 rings (SSSR count). The molecule has 1 atom stereocenters. The number of rotatable bonds is 6. The first kappa shape index (κ1) is 14.2. The molecule has 1 saturated carbocycles. The van der Waals surface area contributed by atoms with Crippen molar-refractivity contribution in [3.63, 3.8) is 0 Å². The van der Waals surface area contributed by atoms with Gasteiger partial charge in [-0.15, -0.1) is 6.58 Å². The van der Waals surface area contributed by atoms with E-state index in [0.717, 1.165) is 6.54 Å². The SMILES string of the molecule is C=CCNC(=O)C(C)NCC1C(C)(C)C1(C)C. The lowest BCUT2D eigenvalue weighted by molar-refractivity contribution is -0.122. The second kappa shape index (κ2) is 4.81. The minimum atomic E-state index is -0.137. The predicted molar refractivity (Wildman–Crippen MR) is 71.7 cm³/mol. The molecule has 1 amide bonds. The van der Waals surface area contributed by atoms with E-state index in [4.69, 9.17) is 0 Å². The highest BCUT2D eigenvalue weighted by Crippen LogP contribution is 2.67. The van der Waals surface area contributed by atoms with E-state index >= 15 is 0 Å². The molecule has 3 nitrogen and oxygen atoms in total. The molecular weight excluding hydrogens is 212 g/mol. The Morgan fingerprint density at radius 2 is 1.88 bits per heavy atom. The normalized spacial score (nSPS) is 22.9. The van der Waals surface area contributed by atoms with Gasteiger partial charge in [0.15, 0.2) is 0 Å². The number of carbonyl (C=O) groups is 1. The highest BCUT2D eigenvalue weighted by atomic mass is 16.2. The monoisotopic (exact) mass is 238 g/mol. The second-order valence-electron chi connectivity index (χ2n) is 6.16. The first-order valence-electron chi connectivity index (χ1n) is 6.37. The third kappa shape index (κ3) is 2.71. The lowest BCUT2D eigenvalue weighted by atomic mass is 10.0. The minimum Gasteiger partial charge on any atom is -0.351 e. The zero-order chi connectivity index (χ0) is 13.3. The van der Waals surface area contributed by atoms with Gasteiger partial charge in [0, 0.05) is 6.54 Å². The zero-order valence-electron chi connectivity index (χ0n) is 11.8. The third-order valence-electron chi connectivity index (χ3n) is 4.76. The summed E-state index contributed by atoms with van der Waals surface area (Å²) in [6.45, 7) is 16.1. The molecule has 2 N–H and O–H groups in total. The Hall–Kier alpha value is -0.830. The number of amides is 1. The summed E-state index contributed by atoms with van der Waals surface area (Å²) in [5.41, 5.74) is 0.745. The van der Waals surface area contributed by atoms with Gasteiger partial charge in [-0.3, -0.25) is 4.79 Å². The lowest BCUT2D eigenvalue weighted by Gasteiger charge is -2.14. The van der Waals surface area contributed by atoms with Crippen molar-refractivity contribution in [3.8, 4) is 0 Å². The molecule has 0 radical (unpaired) electrons. The van der Waals surface area contributed by atoms with Crippen molar-refractivity contribution in [2.45, 2.75) is 40.7 Å². The van der Waals surface area contributed by atoms with Crippen LogP contribution in [0, 0.1) is 16.7 Å². The fourth-order valence-electron chi connectivity index (χ4n) is 2.56. The average molecular weight is 238 g/mol. The molecular formula is C14H26N2O. The van der Waals surface area contributed by atoms with Crippen LogP contribution in [0.3, 0.4) is 0 Å². The predicted octanol–water partition coefficient (Wildman–Crippen LogP) is 1.95. The average Bonchev–Trinajstić information content (AvgIpc) is 2.63. The van der Waals surface area contributed by atoms with Crippen molar-refractivity contribution in [2.24, 2.45) is 16.7 Å². The van der Waals surface area contributed by atoms with Crippen LogP contribution in [-0.4, -0.2) is 25.0 Å². The van der Waals surface area contributed by atoms with E-state index in [9.17, 15) is 4.79 Å². The van der Waals surface area contributed by atoms with Gasteiger partial charge in [0.2, 0.25) is 5.91 Å². The highest BCUT2D eigenvalue weighted by Gasteiger charge is 2.63. The van der Waals surface area contributed by atoms with Gasteiger partial charge in [-0.05, 0) is 30.2 Å². The Kier molecular flexibility index (Phi) is 4.03. The summed E-state index contributed by atoms with van der Waals surface area (Å²) in [4.78, 5) is 11.6. The molecule has 3 heteroatoms. The Morgan fingerprint density at radius 1 is 1.35 bits per heavy atom. The second-order valence-corrected chi connectivity index (χ2v) is 6.16. The Bertz CT molecular complexity index is 293. The van der Waals surface area contributed by atoms with Crippen LogP contribution in [0.15, 0.2) is 12.7 Å². The van der Waals surface area contributed by atoms with Crippen LogP contribution in [0.25, 0.3) is 0 Å². The van der Waals surface area contributed by atoms with Gasteiger partial charge in [-0.1, -0.05) is 33.8 Å². The molecule has 0 aromatic carbocycles. The maximum Gasteiger partial charge on any atom is 0.237 e. The Morgan fingerprint density at radius 3 is 2.29 bits per heavy atom. The van der Waals surface area contributed by atoms with E-state index in [1.54, 1.807) is 6.08 Å². The summed E-state index contributed by atoms with van der Waals surface area (Å²) in [6.07, 6.45) is 1.69. The van der Waals surface area contributed by atoms with Crippen LogP contribution in [0.5, 0.6) is 0 Å². The lowest BCUT2D eigenvalue weighted by Crippen LogP contribution is -2.43. The number of hydrogen-bond acceptors (Lipinski definition) is 2. The third-order valence-corrected chi connectivity index (χ3v) is 4.76. The van der Waals surface area contributed by atoms with Gasteiger partial charge in [0.25, 0.3) is 0 Å². The van der Waals surface area contributed by atoms with Crippen LogP contribution in [0.2, 0.25) is 0 Å².